The molecule has 21 heavy (non-hydrogen) atoms. The zero-order valence-electron chi connectivity index (χ0n) is 11.8. The highest BCUT2D eigenvalue weighted by Crippen LogP contribution is 2.22. The van der Waals surface area contributed by atoms with Crippen molar-refractivity contribution in [3.05, 3.63) is 28.2 Å². The summed E-state index contributed by atoms with van der Waals surface area (Å²) in [5, 5.41) is 11.9. The standard InChI is InChI=1S/C14H17BrN2O4/c1-8-3-9(15)5-10(4-8)16-14(20)17(2)12-7-21-6-11(12)13(18)19/h3-5,11-12H,6-7H2,1-2H3,(H,16,20)(H,18,19). The molecule has 0 aliphatic carbocycles. The molecule has 1 aromatic carbocycles. The fraction of sp³-hybridized carbons (Fsp3) is 0.429. The molecule has 1 saturated heterocycles. The summed E-state index contributed by atoms with van der Waals surface area (Å²) in [6.07, 6.45) is 0. The molecule has 1 aromatic rings. The predicted molar refractivity (Wildman–Crippen MR) is 81.4 cm³/mol. The molecule has 7 heteroatoms. The highest BCUT2D eigenvalue weighted by Gasteiger charge is 2.38. The van der Waals surface area contributed by atoms with Gasteiger partial charge in [0.15, 0.2) is 0 Å². The van der Waals surface area contributed by atoms with Crippen LogP contribution in [-0.4, -0.2) is 48.3 Å². The van der Waals surface area contributed by atoms with Gasteiger partial charge >= 0.3 is 12.0 Å². The van der Waals surface area contributed by atoms with Crippen molar-refractivity contribution < 1.29 is 19.4 Å². The Kier molecular flexibility index (Phi) is 4.84. The molecule has 2 rings (SSSR count). The fourth-order valence-electron chi connectivity index (χ4n) is 2.33. The van der Waals surface area contributed by atoms with Crippen molar-refractivity contribution in [2.24, 2.45) is 5.92 Å². The quantitative estimate of drug-likeness (QED) is 0.870. The highest BCUT2D eigenvalue weighted by atomic mass is 79.9. The number of rotatable bonds is 3. The lowest BCUT2D eigenvalue weighted by atomic mass is 10.0. The topological polar surface area (TPSA) is 78.9 Å². The number of hydrogen-bond donors (Lipinski definition) is 2. The SMILES string of the molecule is Cc1cc(Br)cc(NC(=O)N(C)C2COCC2C(=O)O)c1. The Hall–Kier alpha value is -1.60. The largest absolute Gasteiger partial charge is 0.481 e. The van der Waals surface area contributed by atoms with Gasteiger partial charge in [-0.05, 0) is 30.7 Å². The molecule has 2 N–H and O–H groups in total. The van der Waals surface area contributed by atoms with Gasteiger partial charge in [0.1, 0.15) is 5.92 Å². The molecule has 2 unspecified atom stereocenters. The van der Waals surface area contributed by atoms with Crippen molar-refractivity contribution in [3.8, 4) is 0 Å². The number of aliphatic carboxylic acids is 1. The van der Waals surface area contributed by atoms with Gasteiger partial charge in [-0.15, -0.1) is 0 Å². The molecule has 2 amide bonds. The Morgan fingerprint density at radius 1 is 1.38 bits per heavy atom. The maximum atomic E-state index is 12.2. The minimum Gasteiger partial charge on any atom is -0.481 e. The normalized spacial score (nSPS) is 21.1. The molecule has 1 aliphatic heterocycles. The van der Waals surface area contributed by atoms with Gasteiger partial charge in [0.2, 0.25) is 0 Å². The van der Waals surface area contributed by atoms with Crippen molar-refractivity contribution >= 4 is 33.6 Å². The number of carboxylic acids is 1. The van der Waals surface area contributed by atoms with Crippen LogP contribution < -0.4 is 5.32 Å². The van der Waals surface area contributed by atoms with E-state index in [2.05, 4.69) is 21.2 Å². The second kappa shape index (κ2) is 6.44. The third-order valence-electron chi connectivity index (χ3n) is 3.48. The van der Waals surface area contributed by atoms with Gasteiger partial charge in [-0.3, -0.25) is 4.79 Å². The first-order chi connectivity index (χ1) is 9.88. The van der Waals surface area contributed by atoms with E-state index in [4.69, 9.17) is 9.84 Å². The molecule has 6 nitrogen and oxygen atoms in total. The van der Waals surface area contributed by atoms with Crippen LogP contribution in [0.3, 0.4) is 0 Å². The molecule has 1 heterocycles. The second-order valence-corrected chi connectivity index (χ2v) is 6.02. The summed E-state index contributed by atoms with van der Waals surface area (Å²) in [7, 11) is 1.58. The van der Waals surface area contributed by atoms with Crippen LogP contribution in [0.15, 0.2) is 22.7 Å². The summed E-state index contributed by atoms with van der Waals surface area (Å²) in [5.41, 5.74) is 1.67. The van der Waals surface area contributed by atoms with Gasteiger partial charge in [0.05, 0.1) is 19.3 Å². The fourth-order valence-corrected chi connectivity index (χ4v) is 2.94. The van der Waals surface area contributed by atoms with Crippen LogP contribution in [0.2, 0.25) is 0 Å². The van der Waals surface area contributed by atoms with E-state index in [9.17, 15) is 9.59 Å². The third kappa shape index (κ3) is 3.74. The number of nitrogens with one attached hydrogen (secondary N) is 1. The van der Waals surface area contributed by atoms with Gasteiger partial charge in [-0.1, -0.05) is 15.9 Å². The van der Waals surface area contributed by atoms with E-state index in [0.29, 0.717) is 5.69 Å². The summed E-state index contributed by atoms with van der Waals surface area (Å²) >= 11 is 3.37. The smallest absolute Gasteiger partial charge is 0.321 e. The van der Waals surface area contributed by atoms with Crippen LogP contribution in [0.1, 0.15) is 5.56 Å². The molecular weight excluding hydrogens is 340 g/mol. The first-order valence-electron chi connectivity index (χ1n) is 6.50. The summed E-state index contributed by atoms with van der Waals surface area (Å²) in [6.45, 7) is 2.29. The van der Waals surface area contributed by atoms with Crippen molar-refractivity contribution in [3.63, 3.8) is 0 Å². The maximum Gasteiger partial charge on any atom is 0.321 e. The summed E-state index contributed by atoms with van der Waals surface area (Å²) < 4.78 is 6.05. The van der Waals surface area contributed by atoms with Crippen LogP contribution in [0.25, 0.3) is 0 Å². The number of likely N-dealkylation sites (N-methyl/N-ethyl adjacent to an activating group) is 1. The van der Waals surface area contributed by atoms with Gasteiger partial charge in [0.25, 0.3) is 0 Å². The zero-order valence-corrected chi connectivity index (χ0v) is 13.4. The third-order valence-corrected chi connectivity index (χ3v) is 3.94. The lowest BCUT2D eigenvalue weighted by molar-refractivity contribution is -0.142. The number of anilines is 1. The Morgan fingerprint density at radius 2 is 2.10 bits per heavy atom. The molecule has 2 atom stereocenters. The van der Waals surface area contributed by atoms with Crippen molar-refractivity contribution in [2.75, 3.05) is 25.6 Å². The molecule has 0 bridgehead atoms. The first-order valence-corrected chi connectivity index (χ1v) is 7.29. The molecule has 0 aromatic heterocycles. The minimum atomic E-state index is -0.949. The van der Waals surface area contributed by atoms with E-state index < -0.39 is 17.9 Å². The van der Waals surface area contributed by atoms with Gasteiger partial charge in [0, 0.05) is 17.2 Å². The van der Waals surface area contributed by atoms with Crippen molar-refractivity contribution in [1.82, 2.24) is 4.90 Å². The summed E-state index contributed by atoms with van der Waals surface area (Å²) in [5.74, 6) is -1.64. The van der Waals surface area contributed by atoms with E-state index >= 15 is 0 Å². The van der Waals surface area contributed by atoms with Crippen LogP contribution in [0.4, 0.5) is 10.5 Å². The maximum absolute atomic E-state index is 12.2. The Labute approximate surface area is 131 Å². The number of halogens is 1. The van der Waals surface area contributed by atoms with Crippen LogP contribution >= 0.6 is 15.9 Å². The monoisotopic (exact) mass is 356 g/mol. The van der Waals surface area contributed by atoms with Gasteiger partial charge < -0.3 is 20.1 Å². The van der Waals surface area contributed by atoms with Crippen LogP contribution in [-0.2, 0) is 9.53 Å². The number of ether oxygens (including phenoxy) is 1. The zero-order chi connectivity index (χ0) is 15.6. The summed E-state index contributed by atoms with van der Waals surface area (Å²) in [4.78, 5) is 24.8. The number of nitrogens with zero attached hydrogens (tertiary/aromatic N) is 1. The van der Waals surface area contributed by atoms with E-state index in [0.717, 1.165) is 10.0 Å². The Morgan fingerprint density at radius 3 is 2.71 bits per heavy atom. The lowest BCUT2D eigenvalue weighted by Gasteiger charge is -2.26. The molecule has 1 fully saturated rings. The average molecular weight is 357 g/mol. The predicted octanol–water partition coefficient (Wildman–Crippen LogP) is 2.32. The van der Waals surface area contributed by atoms with Gasteiger partial charge in [-0.2, -0.15) is 0 Å². The van der Waals surface area contributed by atoms with E-state index in [1.807, 2.05) is 19.1 Å². The lowest BCUT2D eigenvalue weighted by Crippen LogP contribution is -2.45. The van der Waals surface area contributed by atoms with Crippen LogP contribution in [0.5, 0.6) is 0 Å². The number of carbonyl (C=O) groups is 2. The number of carbonyl (C=O) groups excluding carboxylic acids is 1. The number of amides is 2. The van der Waals surface area contributed by atoms with E-state index in [-0.39, 0.29) is 19.2 Å². The summed E-state index contributed by atoms with van der Waals surface area (Å²) in [6, 6.07) is 4.75. The molecule has 1 aliphatic rings. The molecule has 0 radical (unpaired) electrons. The number of carboxylic acid groups (broad SMARTS) is 1. The number of urea groups is 1. The molecule has 114 valence electrons. The van der Waals surface area contributed by atoms with E-state index in [1.165, 1.54) is 4.90 Å². The molecular formula is C14H17BrN2O4. The highest BCUT2D eigenvalue weighted by molar-refractivity contribution is 9.10. The first kappa shape index (κ1) is 15.8. The Bertz CT molecular complexity index is 544. The van der Waals surface area contributed by atoms with Crippen molar-refractivity contribution in [1.29, 1.82) is 0 Å². The minimum absolute atomic E-state index is 0.133. The number of hydrogen-bond acceptors (Lipinski definition) is 3. The molecule has 0 saturated carbocycles. The number of benzene rings is 1. The van der Waals surface area contributed by atoms with E-state index in [1.54, 1.807) is 13.1 Å². The average Bonchev–Trinajstić information content (AvgIpc) is 2.85. The second-order valence-electron chi connectivity index (χ2n) is 5.11. The van der Waals surface area contributed by atoms with Gasteiger partial charge in [-0.25, -0.2) is 4.79 Å². The molecule has 0 spiro atoms. The number of aryl methyl sites for hydroxylation is 1. The van der Waals surface area contributed by atoms with Crippen molar-refractivity contribution in [2.45, 2.75) is 13.0 Å². The Balaban J connectivity index is 2.07. The van der Waals surface area contributed by atoms with Crippen LogP contribution in [0, 0.1) is 12.8 Å².